The number of aliphatic hydroxyl groups excluding tert-OH is 1. The van der Waals surface area contributed by atoms with E-state index in [-0.39, 0.29) is 26.7 Å². The highest BCUT2D eigenvalue weighted by molar-refractivity contribution is 7.90. The molecule has 0 radical (unpaired) electrons. The number of benzene rings is 4. The number of hydrogen-bond donors (Lipinski definition) is 1. The van der Waals surface area contributed by atoms with Crippen molar-refractivity contribution in [2.75, 3.05) is 7.11 Å². The van der Waals surface area contributed by atoms with Crippen LogP contribution in [0.4, 0.5) is 0 Å². The normalized spacial score (nSPS) is 13.1. The zero-order valence-corrected chi connectivity index (χ0v) is 22.9. The summed E-state index contributed by atoms with van der Waals surface area (Å²) in [4.78, 5) is 0.0464. The lowest BCUT2D eigenvalue weighted by Crippen LogP contribution is -2.22. The summed E-state index contributed by atoms with van der Waals surface area (Å²) in [5, 5.41) is 13.0. The zero-order valence-electron chi connectivity index (χ0n) is 21.2. The molecule has 1 atom stereocenters. The van der Waals surface area contributed by atoms with Gasteiger partial charge in [-0.25, -0.2) is 24.8 Å². The van der Waals surface area contributed by atoms with Gasteiger partial charge in [0, 0.05) is 10.8 Å². The molecule has 6 aromatic rings. The lowest BCUT2D eigenvalue weighted by atomic mass is 10.1. The molecule has 0 fully saturated rings. The van der Waals surface area contributed by atoms with E-state index in [0.29, 0.717) is 22.0 Å². The molecule has 0 spiro atoms. The number of para-hydroxylation sites is 1. The fourth-order valence-electron chi connectivity index (χ4n) is 4.99. The van der Waals surface area contributed by atoms with Crippen molar-refractivity contribution in [1.82, 2.24) is 7.94 Å². The maximum Gasteiger partial charge on any atom is 0.268 e. The average molecular weight is 573 g/mol. The highest BCUT2D eigenvalue weighted by atomic mass is 32.2. The number of aromatic nitrogens is 2. The van der Waals surface area contributed by atoms with Crippen LogP contribution in [0.2, 0.25) is 0 Å². The van der Waals surface area contributed by atoms with E-state index in [1.54, 1.807) is 84.9 Å². The molecule has 2 aromatic heterocycles. The number of rotatable bonds is 7. The monoisotopic (exact) mass is 572 g/mol. The lowest BCUT2D eigenvalue weighted by Gasteiger charge is -2.19. The van der Waals surface area contributed by atoms with Crippen molar-refractivity contribution in [2.45, 2.75) is 15.9 Å². The number of fused-ring (bicyclic) bond motifs is 2. The second kappa shape index (κ2) is 9.67. The minimum Gasteiger partial charge on any atom is -0.496 e. The highest BCUT2D eigenvalue weighted by Crippen LogP contribution is 2.38. The summed E-state index contributed by atoms with van der Waals surface area (Å²) < 4.78 is 63.6. The van der Waals surface area contributed by atoms with Gasteiger partial charge in [-0.1, -0.05) is 60.7 Å². The molecule has 0 aliphatic carbocycles. The second-order valence-corrected chi connectivity index (χ2v) is 12.7. The molecule has 10 heteroatoms. The summed E-state index contributed by atoms with van der Waals surface area (Å²) in [6, 6.07) is 30.7. The van der Waals surface area contributed by atoms with Crippen molar-refractivity contribution < 1.29 is 26.7 Å². The zero-order chi connectivity index (χ0) is 28.1. The Morgan fingerprint density at radius 3 is 1.73 bits per heavy atom. The molecule has 0 saturated carbocycles. The van der Waals surface area contributed by atoms with Gasteiger partial charge in [-0.05, 0) is 54.6 Å². The molecule has 0 saturated heterocycles. The van der Waals surface area contributed by atoms with Gasteiger partial charge in [0.25, 0.3) is 20.0 Å². The molecular formula is C30H24N2O6S2. The first-order valence-electron chi connectivity index (χ1n) is 12.3. The summed E-state index contributed by atoms with van der Waals surface area (Å²) in [5.74, 6) is 0.408. The quantitative estimate of drug-likeness (QED) is 0.283. The summed E-state index contributed by atoms with van der Waals surface area (Å²) in [5.41, 5.74) is 0.601. The fourth-order valence-corrected chi connectivity index (χ4v) is 8.12. The molecular weight excluding hydrogens is 548 g/mol. The van der Waals surface area contributed by atoms with E-state index in [2.05, 4.69) is 0 Å². The van der Waals surface area contributed by atoms with Crippen LogP contribution in [0.25, 0.3) is 21.8 Å². The van der Waals surface area contributed by atoms with Gasteiger partial charge < -0.3 is 9.84 Å². The maximum atomic E-state index is 14.0. The van der Waals surface area contributed by atoms with E-state index in [9.17, 15) is 21.9 Å². The number of nitrogens with zero attached hydrogens (tertiary/aromatic N) is 2. The molecule has 8 nitrogen and oxygen atoms in total. The van der Waals surface area contributed by atoms with Crippen molar-refractivity contribution in [3.05, 3.63) is 127 Å². The molecule has 1 N–H and O–H groups in total. The first kappa shape index (κ1) is 25.9. The van der Waals surface area contributed by atoms with Crippen molar-refractivity contribution in [3.63, 3.8) is 0 Å². The third-order valence-electron chi connectivity index (χ3n) is 6.83. The molecule has 202 valence electrons. The van der Waals surface area contributed by atoms with Gasteiger partial charge in [0.15, 0.2) is 0 Å². The van der Waals surface area contributed by atoms with Crippen molar-refractivity contribution >= 4 is 41.9 Å². The van der Waals surface area contributed by atoms with E-state index >= 15 is 0 Å². The summed E-state index contributed by atoms with van der Waals surface area (Å²) in [7, 11) is -6.92. The Kier molecular flexibility index (Phi) is 6.25. The second-order valence-electron chi connectivity index (χ2n) is 9.16. The van der Waals surface area contributed by atoms with Crippen LogP contribution >= 0.6 is 0 Å². The third kappa shape index (κ3) is 4.00. The molecule has 40 heavy (non-hydrogen) atoms. The molecule has 0 bridgehead atoms. The molecule has 0 aliphatic rings. The SMILES string of the molecule is COc1cccc2c1cc(C(O)c1cc3ccccc3n1S(=O)(=O)c1ccccc1)n2S(=O)(=O)c1ccccc1. The maximum absolute atomic E-state index is 14.0. The highest BCUT2D eigenvalue weighted by Gasteiger charge is 2.32. The van der Waals surface area contributed by atoms with Crippen LogP contribution in [0, 0.1) is 0 Å². The molecule has 2 heterocycles. The van der Waals surface area contributed by atoms with Crippen molar-refractivity contribution in [3.8, 4) is 5.75 Å². The lowest BCUT2D eigenvalue weighted by molar-refractivity contribution is 0.209. The Labute approximate surface area is 231 Å². The Bertz CT molecular complexity index is 2080. The summed E-state index contributed by atoms with van der Waals surface area (Å²) in [6.07, 6.45) is -1.65. The Balaban J connectivity index is 1.67. The van der Waals surface area contributed by atoms with Gasteiger partial charge in [-0.15, -0.1) is 0 Å². The van der Waals surface area contributed by atoms with Gasteiger partial charge >= 0.3 is 0 Å². The number of ether oxygens (including phenoxy) is 1. The van der Waals surface area contributed by atoms with Crippen LogP contribution in [0.15, 0.2) is 125 Å². The summed E-state index contributed by atoms with van der Waals surface area (Å²) in [6.45, 7) is 0. The number of methoxy groups -OCH3 is 1. The first-order chi connectivity index (χ1) is 19.2. The van der Waals surface area contributed by atoms with Crippen LogP contribution in [0.1, 0.15) is 17.5 Å². The van der Waals surface area contributed by atoms with Gasteiger partial charge in [-0.2, -0.15) is 0 Å². The van der Waals surface area contributed by atoms with E-state index < -0.39 is 26.2 Å². The van der Waals surface area contributed by atoms with Gasteiger partial charge in [0.05, 0.1) is 39.3 Å². The van der Waals surface area contributed by atoms with E-state index in [1.165, 1.54) is 37.4 Å². The molecule has 6 rings (SSSR count). The van der Waals surface area contributed by atoms with E-state index in [1.807, 2.05) is 0 Å². The average Bonchev–Trinajstić information content (AvgIpc) is 3.58. The Hall–Kier alpha value is -4.38. The van der Waals surface area contributed by atoms with Gasteiger partial charge in [-0.3, -0.25) is 0 Å². The smallest absolute Gasteiger partial charge is 0.268 e. The fraction of sp³-hybridized carbons (Fsp3) is 0.0667. The van der Waals surface area contributed by atoms with Gasteiger partial charge in [0.2, 0.25) is 0 Å². The first-order valence-corrected chi connectivity index (χ1v) is 15.2. The Morgan fingerprint density at radius 1 is 0.625 bits per heavy atom. The topological polar surface area (TPSA) is 108 Å². The molecule has 0 aliphatic heterocycles. The van der Waals surface area contributed by atoms with Crippen LogP contribution < -0.4 is 4.74 Å². The number of hydrogen-bond acceptors (Lipinski definition) is 6. The summed E-state index contributed by atoms with van der Waals surface area (Å²) >= 11 is 0. The number of aliphatic hydroxyl groups is 1. The van der Waals surface area contributed by atoms with Crippen molar-refractivity contribution in [1.29, 1.82) is 0 Å². The van der Waals surface area contributed by atoms with Crippen LogP contribution in [-0.4, -0.2) is 37.0 Å². The third-order valence-corrected chi connectivity index (χ3v) is 10.3. The largest absolute Gasteiger partial charge is 0.496 e. The molecule has 0 amide bonds. The molecule has 1 unspecified atom stereocenters. The van der Waals surface area contributed by atoms with Crippen LogP contribution in [-0.2, 0) is 20.0 Å². The van der Waals surface area contributed by atoms with E-state index in [4.69, 9.17) is 4.74 Å². The predicted molar refractivity (Wildman–Crippen MR) is 153 cm³/mol. The van der Waals surface area contributed by atoms with Crippen molar-refractivity contribution in [2.24, 2.45) is 0 Å². The van der Waals surface area contributed by atoms with Crippen LogP contribution in [0.3, 0.4) is 0 Å². The minimum atomic E-state index is -4.22. The predicted octanol–water partition coefficient (Wildman–Crippen LogP) is 5.16. The van der Waals surface area contributed by atoms with Crippen LogP contribution in [0.5, 0.6) is 5.75 Å². The minimum absolute atomic E-state index is 0.00339. The Morgan fingerprint density at radius 2 is 1.12 bits per heavy atom. The van der Waals surface area contributed by atoms with E-state index in [0.717, 1.165) is 7.94 Å². The standard InChI is InChI=1S/C30H24N2O6S2/c1-38-29-18-10-17-26-24(29)20-28(32(26)40(36,37)23-14-6-3-7-15-23)30(33)27-19-21-11-8-9-16-25(21)31(27)39(34,35)22-12-4-2-5-13-22/h2-20,30,33H,1H3. The van der Waals surface area contributed by atoms with Gasteiger partial charge in [0.1, 0.15) is 11.9 Å². The molecule has 4 aromatic carbocycles.